The second-order valence-electron chi connectivity index (χ2n) is 3.00. The molecule has 0 aliphatic rings. The highest BCUT2D eigenvalue weighted by atomic mass is 19.4. The van der Waals surface area contributed by atoms with Crippen LogP contribution in [0, 0.1) is 0 Å². The molecule has 5 N–H and O–H groups in total. The van der Waals surface area contributed by atoms with E-state index in [0.29, 0.717) is 0 Å². The zero-order chi connectivity index (χ0) is 13.6. The van der Waals surface area contributed by atoms with Crippen LogP contribution < -0.4 is 16.4 Å². The Hall–Kier alpha value is -2.00. The van der Waals surface area contributed by atoms with Gasteiger partial charge in [-0.25, -0.2) is 9.59 Å². The Labute approximate surface area is 93.1 Å². The van der Waals surface area contributed by atoms with E-state index in [9.17, 15) is 27.6 Å². The van der Waals surface area contributed by atoms with Gasteiger partial charge in [-0.1, -0.05) is 0 Å². The molecule has 0 aromatic carbocycles. The fourth-order valence-corrected chi connectivity index (χ4v) is 0.791. The van der Waals surface area contributed by atoms with Gasteiger partial charge in [0.25, 0.3) is 0 Å². The average Bonchev–Trinajstić information content (AvgIpc) is 2.11. The van der Waals surface area contributed by atoms with Gasteiger partial charge in [-0.2, -0.15) is 13.2 Å². The summed E-state index contributed by atoms with van der Waals surface area (Å²) in [6.45, 7) is -1.61. The van der Waals surface area contributed by atoms with E-state index in [2.05, 4.69) is 0 Å². The van der Waals surface area contributed by atoms with E-state index < -0.39 is 43.1 Å². The minimum Gasteiger partial charge on any atom is -0.480 e. The van der Waals surface area contributed by atoms with Gasteiger partial charge in [0.05, 0.1) is 6.42 Å². The number of hydrogen-bond acceptors (Lipinski definition) is 3. The summed E-state index contributed by atoms with van der Waals surface area (Å²) in [5.41, 5.74) is 4.70. The Balaban J connectivity index is 4.22. The minimum absolute atomic E-state index is 0.714. The molecule has 0 bridgehead atoms. The molecule has 17 heavy (non-hydrogen) atoms. The quantitative estimate of drug-likeness (QED) is 0.513. The summed E-state index contributed by atoms with van der Waals surface area (Å²) in [4.78, 5) is 31.8. The lowest BCUT2D eigenvalue weighted by Crippen LogP contribution is -2.49. The predicted molar refractivity (Wildman–Crippen MR) is 47.8 cm³/mol. The number of halogens is 3. The summed E-state index contributed by atoms with van der Waals surface area (Å²) in [5, 5.41) is 11.6. The van der Waals surface area contributed by atoms with Crippen molar-refractivity contribution in [3.8, 4) is 0 Å². The molecule has 0 radical (unpaired) electrons. The van der Waals surface area contributed by atoms with E-state index in [-0.39, 0.29) is 0 Å². The Morgan fingerprint density at radius 1 is 1.29 bits per heavy atom. The Morgan fingerprint density at radius 3 is 2.18 bits per heavy atom. The van der Waals surface area contributed by atoms with Gasteiger partial charge in [-0.3, -0.25) is 4.79 Å². The van der Waals surface area contributed by atoms with Crippen molar-refractivity contribution in [3.63, 3.8) is 0 Å². The SMILES string of the molecule is NC(=O)C[C@H](NC(=O)NCC(F)(F)F)C(=O)O. The van der Waals surface area contributed by atoms with Crippen molar-refractivity contribution in [1.29, 1.82) is 0 Å². The van der Waals surface area contributed by atoms with Crippen molar-refractivity contribution >= 4 is 17.9 Å². The van der Waals surface area contributed by atoms with Crippen LogP contribution in [0.25, 0.3) is 0 Å². The number of carboxylic acids is 1. The number of primary amides is 1. The highest BCUT2D eigenvalue weighted by Crippen LogP contribution is 2.11. The zero-order valence-corrected chi connectivity index (χ0v) is 8.37. The molecule has 0 spiro atoms. The predicted octanol–water partition coefficient (Wildman–Crippen LogP) is -0.824. The summed E-state index contributed by atoms with van der Waals surface area (Å²) >= 11 is 0. The van der Waals surface area contributed by atoms with Gasteiger partial charge in [0.15, 0.2) is 0 Å². The van der Waals surface area contributed by atoms with E-state index in [1.165, 1.54) is 5.32 Å². The second kappa shape index (κ2) is 5.92. The summed E-state index contributed by atoms with van der Waals surface area (Å²) in [6.07, 6.45) is -5.32. The fraction of sp³-hybridized carbons (Fsp3) is 0.571. The third-order valence-corrected chi connectivity index (χ3v) is 1.46. The van der Waals surface area contributed by atoms with Gasteiger partial charge >= 0.3 is 18.2 Å². The zero-order valence-electron chi connectivity index (χ0n) is 8.37. The summed E-state index contributed by atoms with van der Waals surface area (Å²) in [5.74, 6) is -2.58. The van der Waals surface area contributed by atoms with Crippen LogP contribution in [0.1, 0.15) is 6.42 Å². The lowest BCUT2D eigenvalue weighted by atomic mass is 10.2. The highest BCUT2D eigenvalue weighted by Gasteiger charge is 2.29. The summed E-state index contributed by atoms with van der Waals surface area (Å²) in [7, 11) is 0. The maximum atomic E-state index is 11.7. The first-order valence-corrected chi connectivity index (χ1v) is 4.24. The van der Waals surface area contributed by atoms with Crippen molar-refractivity contribution in [1.82, 2.24) is 10.6 Å². The van der Waals surface area contributed by atoms with Crippen LogP contribution in [0.3, 0.4) is 0 Å². The number of carbonyl (C=O) groups is 3. The van der Waals surface area contributed by atoms with Crippen LogP contribution in [0.5, 0.6) is 0 Å². The molecule has 0 rings (SSSR count). The molecule has 0 unspecified atom stereocenters. The second-order valence-corrected chi connectivity index (χ2v) is 3.00. The standard InChI is InChI=1S/C7H10F3N3O4/c8-7(9,10)2-12-6(17)13-3(5(15)16)1-4(11)14/h3H,1-2H2,(H2,11,14)(H,15,16)(H2,12,13,17)/t3-/m0/s1. The lowest BCUT2D eigenvalue weighted by molar-refractivity contribution is -0.140. The minimum atomic E-state index is -4.61. The Bertz CT molecular complexity index is 318. The molecule has 98 valence electrons. The van der Waals surface area contributed by atoms with Gasteiger partial charge in [0, 0.05) is 0 Å². The number of rotatable bonds is 5. The number of alkyl halides is 3. The smallest absolute Gasteiger partial charge is 0.405 e. The number of urea groups is 1. The molecular formula is C7H10F3N3O4. The average molecular weight is 257 g/mol. The summed E-state index contributed by atoms with van der Waals surface area (Å²) < 4.78 is 35.1. The molecule has 0 saturated heterocycles. The molecule has 0 aromatic rings. The Morgan fingerprint density at radius 2 is 1.82 bits per heavy atom. The number of carbonyl (C=O) groups excluding carboxylic acids is 2. The molecule has 3 amide bonds. The maximum absolute atomic E-state index is 11.7. The van der Waals surface area contributed by atoms with Crippen LogP contribution in [0.15, 0.2) is 0 Å². The van der Waals surface area contributed by atoms with Crippen molar-refractivity contribution in [3.05, 3.63) is 0 Å². The van der Waals surface area contributed by atoms with E-state index in [1.807, 2.05) is 0 Å². The fourth-order valence-electron chi connectivity index (χ4n) is 0.791. The first-order chi connectivity index (χ1) is 7.61. The maximum Gasteiger partial charge on any atom is 0.405 e. The van der Waals surface area contributed by atoms with Gasteiger partial charge in [0.1, 0.15) is 12.6 Å². The molecule has 0 aromatic heterocycles. The van der Waals surface area contributed by atoms with Crippen molar-refractivity contribution in [2.45, 2.75) is 18.6 Å². The van der Waals surface area contributed by atoms with Crippen molar-refractivity contribution in [2.75, 3.05) is 6.54 Å². The van der Waals surface area contributed by atoms with Gasteiger partial charge in [0.2, 0.25) is 5.91 Å². The topological polar surface area (TPSA) is 122 Å². The summed E-state index contributed by atoms with van der Waals surface area (Å²) in [6, 6.07) is -3.02. The molecule has 0 aliphatic carbocycles. The highest BCUT2D eigenvalue weighted by molar-refractivity contribution is 5.87. The van der Waals surface area contributed by atoms with E-state index in [0.717, 1.165) is 0 Å². The molecule has 0 aliphatic heterocycles. The van der Waals surface area contributed by atoms with E-state index in [1.54, 1.807) is 5.32 Å². The third kappa shape index (κ3) is 7.88. The van der Waals surface area contributed by atoms with Crippen LogP contribution in [0.2, 0.25) is 0 Å². The largest absolute Gasteiger partial charge is 0.480 e. The van der Waals surface area contributed by atoms with Crippen molar-refractivity contribution in [2.24, 2.45) is 5.73 Å². The third-order valence-electron chi connectivity index (χ3n) is 1.46. The molecule has 0 heterocycles. The van der Waals surface area contributed by atoms with Crippen LogP contribution in [-0.4, -0.2) is 41.8 Å². The van der Waals surface area contributed by atoms with Gasteiger partial charge in [-0.15, -0.1) is 0 Å². The molecular weight excluding hydrogens is 247 g/mol. The molecule has 1 atom stereocenters. The Kier molecular flexibility index (Phi) is 5.22. The molecule has 0 saturated carbocycles. The van der Waals surface area contributed by atoms with Crippen LogP contribution in [0.4, 0.5) is 18.0 Å². The monoisotopic (exact) mass is 257 g/mol. The normalized spacial score (nSPS) is 12.6. The van der Waals surface area contributed by atoms with Crippen LogP contribution in [-0.2, 0) is 9.59 Å². The molecule has 7 nitrogen and oxygen atoms in total. The van der Waals surface area contributed by atoms with E-state index >= 15 is 0 Å². The van der Waals surface area contributed by atoms with Gasteiger partial charge < -0.3 is 21.5 Å². The first kappa shape index (κ1) is 15.0. The lowest BCUT2D eigenvalue weighted by Gasteiger charge is -2.14. The van der Waals surface area contributed by atoms with Crippen LogP contribution >= 0.6 is 0 Å². The number of carboxylic acid groups (broad SMARTS) is 1. The van der Waals surface area contributed by atoms with E-state index in [4.69, 9.17) is 10.8 Å². The number of nitrogens with one attached hydrogen (secondary N) is 2. The van der Waals surface area contributed by atoms with Crippen molar-refractivity contribution < 1.29 is 32.7 Å². The molecule has 0 fully saturated rings. The van der Waals surface area contributed by atoms with Gasteiger partial charge in [-0.05, 0) is 0 Å². The number of nitrogens with two attached hydrogens (primary N) is 1. The number of hydrogen-bond donors (Lipinski definition) is 4. The molecule has 10 heteroatoms. The first-order valence-electron chi connectivity index (χ1n) is 4.24. The number of amides is 3. The number of aliphatic carboxylic acids is 1.